The SMILES string of the molecule is CCCCOC(=O)[C@H]1CCCCCN1C(=O)C1(c2ccc(OC)cc2)CCCC1. The van der Waals surface area contributed by atoms with Crippen molar-refractivity contribution in [1.82, 2.24) is 4.90 Å². The molecule has 160 valence electrons. The molecule has 1 saturated heterocycles. The predicted octanol–water partition coefficient (Wildman–Crippen LogP) is 4.62. The molecule has 2 aliphatic rings. The fourth-order valence-corrected chi connectivity index (χ4v) is 4.80. The lowest BCUT2D eigenvalue weighted by molar-refractivity contribution is -0.157. The lowest BCUT2D eigenvalue weighted by Gasteiger charge is -2.37. The molecule has 5 heteroatoms. The Kier molecular flexibility index (Phi) is 7.57. The van der Waals surface area contributed by atoms with Gasteiger partial charge in [0.25, 0.3) is 0 Å². The first-order valence-electron chi connectivity index (χ1n) is 11.2. The van der Waals surface area contributed by atoms with Crippen molar-refractivity contribution < 1.29 is 19.1 Å². The molecule has 29 heavy (non-hydrogen) atoms. The molecule has 1 amide bonds. The van der Waals surface area contributed by atoms with Crippen LogP contribution in [0.25, 0.3) is 0 Å². The third-order valence-corrected chi connectivity index (χ3v) is 6.54. The molecular formula is C24H35NO4. The number of rotatable bonds is 7. The molecule has 0 aromatic heterocycles. The molecule has 1 saturated carbocycles. The first-order valence-corrected chi connectivity index (χ1v) is 11.2. The van der Waals surface area contributed by atoms with E-state index in [2.05, 4.69) is 6.92 Å². The Hall–Kier alpha value is -2.04. The topological polar surface area (TPSA) is 55.8 Å². The maximum atomic E-state index is 14.0. The Labute approximate surface area is 174 Å². The summed E-state index contributed by atoms with van der Waals surface area (Å²) in [5.41, 5.74) is 0.515. The number of likely N-dealkylation sites (tertiary alicyclic amines) is 1. The van der Waals surface area contributed by atoms with Crippen LogP contribution in [0.5, 0.6) is 5.75 Å². The zero-order valence-electron chi connectivity index (χ0n) is 18.0. The highest BCUT2D eigenvalue weighted by Gasteiger charge is 2.47. The van der Waals surface area contributed by atoms with Gasteiger partial charge in [-0.25, -0.2) is 4.79 Å². The summed E-state index contributed by atoms with van der Waals surface area (Å²) >= 11 is 0. The van der Waals surface area contributed by atoms with Gasteiger partial charge in [0.05, 0.1) is 19.1 Å². The molecule has 1 aliphatic carbocycles. The quantitative estimate of drug-likeness (QED) is 0.494. The summed E-state index contributed by atoms with van der Waals surface area (Å²) in [5, 5.41) is 0. The lowest BCUT2D eigenvalue weighted by atomic mass is 9.77. The van der Waals surface area contributed by atoms with E-state index < -0.39 is 11.5 Å². The van der Waals surface area contributed by atoms with Gasteiger partial charge in [-0.2, -0.15) is 0 Å². The largest absolute Gasteiger partial charge is 0.497 e. The van der Waals surface area contributed by atoms with Gasteiger partial charge in [-0.05, 0) is 49.8 Å². The van der Waals surface area contributed by atoms with Gasteiger partial charge >= 0.3 is 5.97 Å². The van der Waals surface area contributed by atoms with Gasteiger partial charge in [-0.3, -0.25) is 4.79 Å². The monoisotopic (exact) mass is 401 g/mol. The van der Waals surface area contributed by atoms with Gasteiger partial charge in [-0.15, -0.1) is 0 Å². The Bertz CT molecular complexity index is 679. The van der Waals surface area contributed by atoms with E-state index in [-0.39, 0.29) is 11.9 Å². The summed E-state index contributed by atoms with van der Waals surface area (Å²) in [6, 6.07) is 7.46. The van der Waals surface area contributed by atoms with Crippen LogP contribution in [-0.2, 0) is 19.7 Å². The minimum atomic E-state index is -0.529. The highest BCUT2D eigenvalue weighted by Crippen LogP contribution is 2.44. The van der Waals surface area contributed by atoms with E-state index in [0.717, 1.165) is 69.1 Å². The molecule has 3 rings (SSSR count). The maximum Gasteiger partial charge on any atom is 0.328 e. The molecule has 5 nitrogen and oxygen atoms in total. The molecule has 1 atom stereocenters. The van der Waals surface area contributed by atoms with Crippen LogP contribution in [-0.4, -0.2) is 43.1 Å². The average molecular weight is 402 g/mol. The zero-order valence-corrected chi connectivity index (χ0v) is 18.0. The van der Waals surface area contributed by atoms with E-state index >= 15 is 0 Å². The molecule has 0 spiro atoms. The van der Waals surface area contributed by atoms with Crippen molar-refractivity contribution in [2.24, 2.45) is 0 Å². The second kappa shape index (κ2) is 10.1. The van der Waals surface area contributed by atoms with Gasteiger partial charge in [0.1, 0.15) is 11.8 Å². The van der Waals surface area contributed by atoms with Crippen LogP contribution in [0.15, 0.2) is 24.3 Å². The van der Waals surface area contributed by atoms with Crippen LogP contribution in [0.3, 0.4) is 0 Å². The number of hydrogen-bond donors (Lipinski definition) is 0. The van der Waals surface area contributed by atoms with Crippen LogP contribution >= 0.6 is 0 Å². The second-order valence-electron chi connectivity index (χ2n) is 8.40. The van der Waals surface area contributed by atoms with Crippen molar-refractivity contribution in [3.8, 4) is 5.75 Å². The number of esters is 1. The number of unbranched alkanes of at least 4 members (excludes halogenated alkanes) is 1. The van der Waals surface area contributed by atoms with Gasteiger partial charge in [-0.1, -0.05) is 51.2 Å². The van der Waals surface area contributed by atoms with Gasteiger partial charge in [0, 0.05) is 6.54 Å². The number of ether oxygens (including phenoxy) is 2. The fourth-order valence-electron chi connectivity index (χ4n) is 4.80. The molecule has 0 N–H and O–H groups in total. The van der Waals surface area contributed by atoms with Crippen LogP contribution in [0.2, 0.25) is 0 Å². The van der Waals surface area contributed by atoms with E-state index in [4.69, 9.17) is 9.47 Å². The minimum absolute atomic E-state index is 0.111. The number of carbonyl (C=O) groups is 2. The van der Waals surface area contributed by atoms with Crippen LogP contribution in [0, 0.1) is 0 Å². The number of amides is 1. The summed E-state index contributed by atoms with van der Waals surface area (Å²) in [4.78, 5) is 28.7. The molecular weight excluding hydrogens is 366 g/mol. The summed E-state index contributed by atoms with van der Waals surface area (Å²) < 4.78 is 10.8. The molecule has 0 radical (unpaired) electrons. The zero-order chi connectivity index (χ0) is 20.7. The average Bonchev–Trinajstić information content (AvgIpc) is 3.12. The normalized spacial score (nSPS) is 21.4. The number of methoxy groups -OCH3 is 1. The minimum Gasteiger partial charge on any atom is -0.497 e. The Balaban J connectivity index is 1.86. The summed E-state index contributed by atoms with van der Waals surface area (Å²) in [6.45, 7) is 3.16. The number of benzene rings is 1. The number of carbonyl (C=O) groups excluding carboxylic acids is 2. The molecule has 1 heterocycles. The Morgan fingerprint density at radius 2 is 1.79 bits per heavy atom. The summed E-state index contributed by atoms with van der Waals surface area (Å²) in [7, 11) is 1.65. The number of nitrogens with zero attached hydrogens (tertiary/aromatic N) is 1. The van der Waals surface area contributed by atoms with Crippen LogP contribution in [0.1, 0.15) is 76.7 Å². The van der Waals surface area contributed by atoms with E-state index in [0.29, 0.717) is 19.6 Å². The van der Waals surface area contributed by atoms with Crippen molar-refractivity contribution >= 4 is 11.9 Å². The van der Waals surface area contributed by atoms with E-state index in [1.54, 1.807) is 7.11 Å². The molecule has 0 bridgehead atoms. The fraction of sp³-hybridized carbons (Fsp3) is 0.667. The maximum absolute atomic E-state index is 14.0. The van der Waals surface area contributed by atoms with Crippen molar-refractivity contribution in [2.45, 2.75) is 82.6 Å². The van der Waals surface area contributed by atoms with Crippen molar-refractivity contribution in [1.29, 1.82) is 0 Å². The van der Waals surface area contributed by atoms with Crippen molar-refractivity contribution in [3.63, 3.8) is 0 Å². The molecule has 1 aromatic carbocycles. The van der Waals surface area contributed by atoms with Crippen LogP contribution < -0.4 is 4.74 Å². The van der Waals surface area contributed by atoms with Gasteiger partial charge in [0.2, 0.25) is 5.91 Å². The predicted molar refractivity (Wildman–Crippen MR) is 113 cm³/mol. The first-order chi connectivity index (χ1) is 14.1. The molecule has 2 fully saturated rings. The second-order valence-corrected chi connectivity index (χ2v) is 8.40. The summed E-state index contributed by atoms with van der Waals surface area (Å²) in [6.07, 6.45) is 9.28. The third-order valence-electron chi connectivity index (χ3n) is 6.54. The molecule has 0 unspecified atom stereocenters. The third kappa shape index (κ3) is 4.76. The van der Waals surface area contributed by atoms with E-state index in [1.165, 1.54) is 0 Å². The Morgan fingerprint density at radius 3 is 2.45 bits per heavy atom. The van der Waals surface area contributed by atoms with E-state index in [9.17, 15) is 9.59 Å². The van der Waals surface area contributed by atoms with E-state index in [1.807, 2.05) is 29.2 Å². The highest BCUT2D eigenvalue weighted by molar-refractivity contribution is 5.92. The van der Waals surface area contributed by atoms with Gasteiger partial charge in [0.15, 0.2) is 0 Å². The van der Waals surface area contributed by atoms with Crippen molar-refractivity contribution in [2.75, 3.05) is 20.3 Å². The molecule has 1 aromatic rings. The van der Waals surface area contributed by atoms with Crippen LogP contribution in [0.4, 0.5) is 0 Å². The van der Waals surface area contributed by atoms with Gasteiger partial charge < -0.3 is 14.4 Å². The summed E-state index contributed by atoms with van der Waals surface area (Å²) in [5.74, 6) is 0.678. The smallest absolute Gasteiger partial charge is 0.328 e. The standard InChI is InChI=1S/C24H35NO4/c1-3-4-18-29-22(26)21-10-6-5-9-17-25(21)23(27)24(15-7-8-16-24)19-11-13-20(28-2)14-12-19/h11-14,21H,3-10,15-18H2,1-2H3/t21-/m1/s1. The first kappa shape index (κ1) is 21.7. The Morgan fingerprint density at radius 1 is 1.07 bits per heavy atom. The lowest BCUT2D eigenvalue weighted by Crippen LogP contribution is -2.52. The molecule has 1 aliphatic heterocycles. The van der Waals surface area contributed by atoms with Crippen molar-refractivity contribution in [3.05, 3.63) is 29.8 Å². The highest BCUT2D eigenvalue weighted by atomic mass is 16.5. The number of hydrogen-bond acceptors (Lipinski definition) is 4.